The average molecular weight is 264 g/mol. The Kier molecular flexibility index (Phi) is 5.48. The largest absolute Gasteiger partial charge is 0.340 e. The lowest BCUT2D eigenvalue weighted by atomic mass is 10.1. The number of nitrogens with one attached hydrogen (secondary N) is 2. The number of hydrogen-bond donors (Lipinski definition) is 2. The fourth-order valence-electron chi connectivity index (χ4n) is 1.64. The Morgan fingerprint density at radius 2 is 2.21 bits per heavy atom. The first-order chi connectivity index (χ1) is 8.90. The number of carbonyl (C=O) groups is 3. The second kappa shape index (κ2) is 6.87. The number of hydrogen-bond acceptors (Lipinski definition) is 3. The van der Waals surface area contributed by atoms with Gasteiger partial charge < -0.3 is 5.32 Å². The minimum Gasteiger partial charge on any atom is -0.340 e. The quantitative estimate of drug-likeness (QED) is 0.443. The second-order valence-corrected chi connectivity index (χ2v) is 5.03. The lowest BCUT2D eigenvalue weighted by Crippen LogP contribution is -2.52. The van der Waals surface area contributed by atoms with E-state index in [9.17, 15) is 14.4 Å². The van der Waals surface area contributed by atoms with Gasteiger partial charge in [-0.1, -0.05) is 32.6 Å². The molecule has 1 unspecified atom stereocenters. The number of rotatable bonds is 5. The third-order valence-electron chi connectivity index (χ3n) is 2.76. The van der Waals surface area contributed by atoms with Crippen LogP contribution in [0, 0.1) is 5.92 Å². The van der Waals surface area contributed by atoms with Crippen molar-refractivity contribution in [2.24, 2.45) is 5.92 Å². The zero-order valence-electron chi connectivity index (χ0n) is 11.4. The van der Waals surface area contributed by atoms with Crippen LogP contribution in [0.2, 0.25) is 0 Å². The number of piperidine rings is 1. The molecule has 0 saturated carbocycles. The molecule has 0 aliphatic carbocycles. The van der Waals surface area contributed by atoms with Crippen molar-refractivity contribution in [2.75, 3.05) is 0 Å². The van der Waals surface area contributed by atoms with E-state index >= 15 is 0 Å². The molecule has 2 N–H and O–H groups in total. The minimum atomic E-state index is -0.652. The molecule has 0 spiro atoms. The first-order valence-corrected chi connectivity index (χ1v) is 6.40. The summed E-state index contributed by atoms with van der Waals surface area (Å²) in [5, 5.41) is 4.76. The molecule has 1 rings (SSSR count). The summed E-state index contributed by atoms with van der Waals surface area (Å²) in [6, 6.07) is -0.652. The molecule has 1 atom stereocenters. The summed E-state index contributed by atoms with van der Waals surface area (Å²) in [7, 11) is 0. The maximum absolute atomic E-state index is 11.8. The maximum Gasteiger partial charge on any atom is 0.251 e. The summed E-state index contributed by atoms with van der Waals surface area (Å²) in [6.45, 7) is 7.82. The van der Waals surface area contributed by atoms with Gasteiger partial charge in [0.25, 0.3) is 5.91 Å². The Hall–Kier alpha value is -1.91. The molecule has 3 amide bonds. The normalized spacial score (nSPS) is 19.6. The van der Waals surface area contributed by atoms with Gasteiger partial charge in [-0.2, -0.15) is 0 Å². The topological polar surface area (TPSA) is 75.3 Å². The molecular weight excluding hydrogens is 244 g/mol. The average Bonchev–Trinajstić information content (AvgIpc) is 2.32. The Labute approximate surface area is 113 Å². The van der Waals surface area contributed by atoms with Crippen LogP contribution in [-0.2, 0) is 14.4 Å². The van der Waals surface area contributed by atoms with Gasteiger partial charge in [0.05, 0.1) is 0 Å². The van der Waals surface area contributed by atoms with Crippen LogP contribution in [0.4, 0.5) is 0 Å². The Morgan fingerprint density at radius 3 is 2.79 bits per heavy atom. The molecule has 1 fully saturated rings. The zero-order valence-corrected chi connectivity index (χ0v) is 11.4. The van der Waals surface area contributed by atoms with Crippen molar-refractivity contribution in [2.45, 2.75) is 39.2 Å². The SMILES string of the molecule is C=C(/C=C\CC(C)C)C(=O)NC1CCC(=O)NC1=O. The van der Waals surface area contributed by atoms with Gasteiger partial charge in [0.1, 0.15) is 6.04 Å². The van der Waals surface area contributed by atoms with Crippen molar-refractivity contribution in [3.8, 4) is 0 Å². The number of amides is 3. The van der Waals surface area contributed by atoms with Crippen molar-refractivity contribution in [1.82, 2.24) is 10.6 Å². The summed E-state index contributed by atoms with van der Waals surface area (Å²) in [6.07, 6.45) is 4.98. The molecule has 104 valence electrons. The summed E-state index contributed by atoms with van der Waals surface area (Å²) >= 11 is 0. The van der Waals surface area contributed by atoms with Crippen LogP contribution < -0.4 is 10.6 Å². The van der Waals surface area contributed by atoms with Crippen LogP contribution in [0.1, 0.15) is 33.1 Å². The fourth-order valence-corrected chi connectivity index (χ4v) is 1.64. The molecule has 19 heavy (non-hydrogen) atoms. The molecule has 0 aromatic carbocycles. The highest BCUT2D eigenvalue weighted by molar-refractivity contribution is 6.04. The second-order valence-electron chi connectivity index (χ2n) is 5.03. The van der Waals surface area contributed by atoms with Gasteiger partial charge in [-0.05, 0) is 18.8 Å². The van der Waals surface area contributed by atoms with Gasteiger partial charge in [-0.15, -0.1) is 0 Å². The summed E-state index contributed by atoms with van der Waals surface area (Å²) < 4.78 is 0. The highest BCUT2D eigenvalue weighted by Crippen LogP contribution is 2.06. The third kappa shape index (κ3) is 5.07. The zero-order chi connectivity index (χ0) is 14.4. The minimum absolute atomic E-state index is 0.242. The maximum atomic E-state index is 11.8. The molecule has 0 aromatic rings. The first-order valence-electron chi connectivity index (χ1n) is 6.40. The standard InChI is InChI=1S/C14H20N2O3/c1-9(2)5-4-6-10(3)13(18)15-11-7-8-12(17)16-14(11)19/h4,6,9,11H,3,5,7-8H2,1-2H3,(H,15,18)(H,16,17,19)/b6-4-. The van der Waals surface area contributed by atoms with Gasteiger partial charge in [0, 0.05) is 12.0 Å². The third-order valence-corrected chi connectivity index (χ3v) is 2.76. The van der Waals surface area contributed by atoms with Gasteiger partial charge in [-0.3, -0.25) is 19.7 Å². The van der Waals surface area contributed by atoms with E-state index in [1.54, 1.807) is 6.08 Å². The van der Waals surface area contributed by atoms with E-state index < -0.39 is 11.9 Å². The molecule has 0 aromatic heterocycles. The van der Waals surface area contributed by atoms with E-state index in [1.807, 2.05) is 6.08 Å². The Balaban J connectivity index is 2.46. The lowest BCUT2D eigenvalue weighted by Gasteiger charge is -2.21. The lowest BCUT2D eigenvalue weighted by molar-refractivity contribution is -0.136. The van der Waals surface area contributed by atoms with Gasteiger partial charge in [0.15, 0.2) is 0 Å². The van der Waals surface area contributed by atoms with Gasteiger partial charge in [-0.25, -0.2) is 0 Å². The van der Waals surface area contributed by atoms with Crippen LogP contribution in [-0.4, -0.2) is 23.8 Å². The Morgan fingerprint density at radius 1 is 1.53 bits per heavy atom. The van der Waals surface area contributed by atoms with Crippen LogP contribution in [0.15, 0.2) is 24.3 Å². The molecule has 1 saturated heterocycles. The van der Waals surface area contributed by atoms with Crippen LogP contribution in [0.3, 0.4) is 0 Å². The van der Waals surface area contributed by atoms with Crippen LogP contribution in [0.25, 0.3) is 0 Å². The molecule has 1 heterocycles. The number of imide groups is 1. The van der Waals surface area contributed by atoms with E-state index in [2.05, 4.69) is 31.1 Å². The van der Waals surface area contributed by atoms with E-state index in [4.69, 9.17) is 0 Å². The van der Waals surface area contributed by atoms with E-state index in [0.717, 1.165) is 6.42 Å². The van der Waals surface area contributed by atoms with E-state index in [1.165, 1.54) is 0 Å². The summed E-state index contributed by atoms with van der Waals surface area (Å²) in [5.41, 5.74) is 0.311. The van der Waals surface area contributed by atoms with E-state index in [0.29, 0.717) is 17.9 Å². The monoisotopic (exact) mass is 264 g/mol. The van der Waals surface area contributed by atoms with Gasteiger partial charge in [0.2, 0.25) is 11.8 Å². The Bertz CT molecular complexity index is 424. The summed E-state index contributed by atoms with van der Waals surface area (Å²) in [4.78, 5) is 34.2. The highest BCUT2D eigenvalue weighted by Gasteiger charge is 2.27. The molecule has 1 aliphatic heterocycles. The highest BCUT2D eigenvalue weighted by atomic mass is 16.2. The molecular formula is C14H20N2O3. The summed E-state index contributed by atoms with van der Waals surface area (Å²) in [5.74, 6) is -0.619. The fraction of sp³-hybridized carbons (Fsp3) is 0.500. The van der Waals surface area contributed by atoms with Crippen molar-refractivity contribution < 1.29 is 14.4 Å². The molecule has 0 bridgehead atoms. The van der Waals surface area contributed by atoms with E-state index in [-0.39, 0.29) is 18.2 Å². The molecule has 0 radical (unpaired) electrons. The van der Waals surface area contributed by atoms with Crippen molar-refractivity contribution in [3.05, 3.63) is 24.3 Å². The molecule has 1 aliphatic rings. The van der Waals surface area contributed by atoms with Crippen molar-refractivity contribution in [1.29, 1.82) is 0 Å². The van der Waals surface area contributed by atoms with Crippen molar-refractivity contribution in [3.63, 3.8) is 0 Å². The van der Waals surface area contributed by atoms with Crippen LogP contribution >= 0.6 is 0 Å². The predicted octanol–water partition coefficient (Wildman–Crippen LogP) is 1.07. The van der Waals surface area contributed by atoms with Crippen LogP contribution in [0.5, 0.6) is 0 Å². The van der Waals surface area contributed by atoms with Crippen molar-refractivity contribution >= 4 is 17.7 Å². The molecule has 5 heteroatoms. The smallest absolute Gasteiger partial charge is 0.251 e. The van der Waals surface area contributed by atoms with Gasteiger partial charge >= 0.3 is 0 Å². The predicted molar refractivity (Wildman–Crippen MR) is 72.0 cm³/mol. The number of allylic oxidation sites excluding steroid dienone is 1. The number of carbonyl (C=O) groups excluding carboxylic acids is 3. The molecule has 5 nitrogen and oxygen atoms in total. The first kappa shape index (κ1) is 15.1.